The molecule has 184 valence electrons. The fourth-order valence-corrected chi connectivity index (χ4v) is 4.79. The highest BCUT2D eigenvalue weighted by Gasteiger charge is 2.19. The van der Waals surface area contributed by atoms with Crippen LogP contribution in [-0.4, -0.2) is 33.9 Å². The molecule has 3 rings (SSSR count). The fourth-order valence-electron chi connectivity index (χ4n) is 2.85. The van der Waals surface area contributed by atoms with Crippen LogP contribution in [0.3, 0.4) is 0 Å². The molecule has 0 aliphatic heterocycles. The van der Waals surface area contributed by atoms with E-state index in [0.717, 1.165) is 0 Å². The molecule has 0 fully saturated rings. The summed E-state index contributed by atoms with van der Waals surface area (Å²) < 4.78 is 33.2. The third-order valence-electron chi connectivity index (χ3n) is 4.51. The highest BCUT2D eigenvalue weighted by molar-refractivity contribution is 7.92. The molecule has 0 spiro atoms. The van der Waals surface area contributed by atoms with Crippen LogP contribution in [0.15, 0.2) is 59.5 Å². The van der Waals surface area contributed by atoms with E-state index in [1.54, 1.807) is 0 Å². The van der Waals surface area contributed by atoms with Crippen LogP contribution < -0.4 is 20.1 Å². The molecule has 0 atom stereocenters. The fraction of sp³-hybridized carbons (Fsp3) is 0.0909. The van der Waals surface area contributed by atoms with Crippen molar-refractivity contribution in [2.24, 2.45) is 0 Å². The minimum absolute atomic E-state index is 0.0633. The maximum atomic E-state index is 12.8. The van der Waals surface area contributed by atoms with Gasteiger partial charge in [-0.25, -0.2) is 8.42 Å². The second kappa shape index (κ2) is 11.4. The van der Waals surface area contributed by atoms with Crippen molar-refractivity contribution in [3.05, 3.63) is 80.3 Å². The Labute approximate surface area is 221 Å². The van der Waals surface area contributed by atoms with E-state index in [1.165, 1.54) is 61.7 Å². The van der Waals surface area contributed by atoms with Crippen LogP contribution >= 0.6 is 46.4 Å². The highest BCUT2D eigenvalue weighted by atomic mass is 35.5. The number of benzene rings is 3. The second-order valence-electron chi connectivity index (χ2n) is 6.95. The van der Waals surface area contributed by atoms with E-state index >= 15 is 0 Å². The molecule has 2 amide bonds. The molecule has 0 bridgehead atoms. The summed E-state index contributed by atoms with van der Waals surface area (Å²) >= 11 is 23.6. The molecule has 8 nitrogen and oxygen atoms in total. The van der Waals surface area contributed by atoms with E-state index in [4.69, 9.17) is 51.1 Å². The number of ether oxygens (including phenoxy) is 1. The second-order valence-corrected chi connectivity index (χ2v) is 10.3. The third-order valence-corrected chi connectivity index (χ3v) is 7.16. The van der Waals surface area contributed by atoms with Gasteiger partial charge in [0.1, 0.15) is 5.75 Å². The molecule has 0 saturated heterocycles. The van der Waals surface area contributed by atoms with Crippen molar-refractivity contribution in [2.45, 2.75) is 4.90 Å². The monoisotopic (exact) mass is 575 g/mol. The maximum absolute atomic E-state index is 12.8. The lowest BCUT2D eigenvalue weighted by atomic mass is 10.2. The number of amides is 2. The van der Waals surface area contributed by atoms with Gasteiger partial charge in [0.05, 0.1) is 44.9 Å². The minimum Gasteiger partial charge on any atom is -0.495 e. The van der Waals surface area contributed by atoms with Gasteiger partial charge < -0.3 is 15.4 Å². The molecule has 35 heavy (non-hydrogen) atoms. The third kappa shape index (κ3) is 6.93. The van der Waals surface area contributed by atoms with Crippen molar-refractivity contribution in [3.63, 3.8) is 0 Å². The first-order valence-corrected chi connectivity index (χ1v) is 12.7. The van der Waals surface area contributed by atoms with Crippen molar-refractivity contribution < 1.29 is 22.7 Å². The molecule has 0 aliphatic rings. The molecule has 0 saturated carbocycles. The van der Waals surface area contributed by atoms with Crippen LogP contribution in [0.1, 0.15) is 10.4 Å². The van der Waals surface area contributed by atoms with Gasteiger partial charge in [-0.3, -0.25) is 14.3 Å². The number of sulfonamides is 1. The summed E-state index contributed by atoms with van der Waals surface area (Å²) in [5.74, 6) is -0.921. The first-order valence-electron chi connectivity index (χ1n) is 9.69. The SMILES string of the molecule is COc1ccc(NC(=O)CNC(=O)c2ccc(Cl)cc2Cl)cc1NS(=O)(=O)c1ccc(Cl)c(Cl)c1. The Morgan fingerprint density at radius 2 is 1.63 bits per heavy atom. The van der Waals surface area contributed by atoms with Gasteiger partial charge in [0, 0.05) is 10.7 Å². The zero-order valence-electron chi connectivity index (χ0n) is 17.9. The van der Waals surface area contributed by atoms with Gasteiger partial charge in [-0.2, -0.15) is 0 Å². The Morgan fingerprint density at radius 1 is 0.886 bits per heavy atom. The van der Waals surface area contributed by atoms with E-state index in [9.17, 15) is 18.0 Å². The first-order chi connectivity index (χ1) is 16.5. The van der Waals surface area contributed by atoms with Crippen molar-refractivity contribution >= 4 is 79.6 Å². The molecule has 0 heterocycles. The lowest BCUT2D eigenvalue weighted by Gasteiger charge is -2.14. The van der Waals surface area contributed by atoms with Gasteiger partial charge in [-0.05, 0) is 54.6 Å². The average molecular weight is 577 g/mol. The number of carbonyl (C=O) groups is 2. The number of methoxy groups -OCH3 is 1. The van der Waals surface area contributed by atoms with E-state index in [2.05, 4.69) is 15.4 Å². The summed E-state index contributed by atoms with van der Waals surface area (Å²) in [6.07, 6.45) is 0. The van der Waals surface area contributed by atoms with Gasteiger partial charge in [0.25, 0.3) is 15.9 Å². The summed E-state index contributed by atoms with van der Waals surface area (Å²) in [5.41, 5.74) is 0.474. The number of halogens is 4. The standard InChI is InChI=1S/C22H17Cl4N3O5S/c1-34-20-7-3-13(9-19(20)29-35(32,33)14-4-6-16(24)18(26)10-14)28-21(30)11-27-22(31)15-5-2-12(23)8-17(15)25/h2-10,29H,11H2,1H3,(H,27,31)(H,28,30). The molecule has 3 N–H and O–H groups in total. The Kier molecular flexibility index (Phi) is 8.74. The number of nitrogens with one attached hydrogen (secondary N) is 3. The number of rotatable bonds is 8. The summed E-state index contributed by atoms with van der Waals surface area (Å²) in [6.45, 7) is -0.367. The minimum atomic E-state index is -4.05. The molecule has 0 aliphatic carbocycles. The predicted molar refractivity (Wildman–Crippen MR) is 138 cm³/mol. The van der Waals surface area contributed by atoms with E-state index in [1.807, 2.05) is 0 Å². The number of hydrogen-bond acceptors (Lipinski definition) is 5. The highest BCUT2D eigenvalue weighted by Crippen LogP contribution is 2.31. The zero-order chi connectivity index (χ0) is 25.8. The lowest BCUT2D eigenvalue weighted by molar-refractivity contribution is -0.115. The largest absolute Gasteiger partial charge is 0.495 e. The van der Waals surface area contributed by atoms with Gasteiger partial charge in [0.2, 0.25) is 5.91 Å². The van der Waals surface area contributed by atoms with Crippen LogP contribution in [0.25, 0.3) is 0 Å². The summed E-state index contributed by atoms with van der Waals surface area (Å²) in [7, 11) is -2.69. The Bertz CT molecular complexity index is 1400. The molecule has 3 aromatic carbocycles. The molecule has 0 unspecified atom stereocenters. The van der Waals surface area contributed by atoms with Crippen LogP contribution in [0.2, 0.25) is 20.1 Å². The topological polar surface area (TPSA) is 114 Å². The van der Waals surface area contributed by atoms with Crippen LogP contribution in [0.4, 0.5) is 11.4 Å². The van der Waals surface area contributed by atoms with E-state index < -0.39 is 21.8 Å². The number of anilines is 2. The van der Waals surface area contributed by atoms with Crippen LogP contribution in [0, 0.1) is 0 Å². The first kappa shape index (κ1) is 26.9. The summed E-state index contributed by atoms with van der Waals surface area (Å²) in [4.78, 5) is 24.5. The summed E-state index contributed by atoms with van der Waals surface area (Å²) in [5, 5.41) is 5.81. The quantitative estimate of drug-likeness (QED) is 0.329. The normalized spacial score (nSPS) is 11.0. The lowest BCUT2D eigenvalue weighted by Crippen LogP contribution is -2.33. The van der Waals surface area contributed by atoms with Gasteiger partial charge in [-0.15, -0.1) is 0 Å². The Morgan fingerprint density at radius 3 is 2.29 bits per heavy atom. The number of carbonyl (C=O) groups excluding carboxylic acids is 2. The maximum Gasteiger partial charge on any atom is 0.262 e. The van der Waals surface area contributed by atoms with Crippen molar-refractivity contribution in [1.82, 2.24) is 5.32 Å². The van der Waals surface area contributed by atoms with Crippen LogP contribution in [-0.2, 0) is 14.8 Å². The zero-order valence-corrected chi connectivity index (χ0v) is 21.7. The predicted octanol–water partition coefficient (Wildman–Crippen LogP) is 5.48. The van der Waals surface area contributed by atoms with Gasteiger partial charge in [-0.1, -0.05) is 46.4 Å². The van der Waals surface area contributed by atoms with Crippen LogP contribution in [0.5, 0.6) is 5.75 Å². The molecule has 0 aromatic heterocycles. The average Bonchev–Trinajstić information content (AvgIpc) is 2.79. The van der Waals surface area contributed by atoms with E-state index in [-0.39, 0.29) is 49.2 Å². The molecule has 0 radical (unpaired) electrons. The van der Waals surface area contributed by atoms with Gasteiger partial charge >= 0.3 is 0 Å². The van der Waals surface area contributed by atoms with Crippen molar-refractivity contribution in [1.29, 1.82) is 0 Å². The smallest absolute Gasteiger partial charge is 0.262 e. The molecular formula is C22H17Cl4N3O5S. The van der Waals surface area contributed by atoms with E-state index in [0.29, 0.717) is 5.02 Å². The molecule has 13 heteroatoms. The Balaban J connectivity index is 1.71. The summed E-state index contributed by atoms with van der Waals surface area (Å²) in [6, 6.07) is 12.6. The Hall–Kier alpha value is -2.69. The van der Waals surface area contributed by atoms with Crippen molar-refractivity contribution in [2.75, 3.05) is 23.7 Å². The van der Waals surface area contributed by atoms with Crippen molar-refractivity contribution in [3.8, 4) is 5.75 Å². The van der Waals surface area contributed by atoms with Gasteiger partial charge in [0.15, 0.2) is 0 Å². The number of hydrogen-bond donors (Lipinski definition) is 3. The molecule has 3 aromatic rings. The molecular weight excluding hydrogens is 560 g/mol.